The van der Waals surface area contributed by atoms with E-state index >= 15 is 0 Å². The largest absolute Gasteiger partial charge is 0.497 e. The number of piperazine rings is 1. The average molecular weight is 594 g/mol. The van der Waals surface area contributed by atoms with Crippen molar-refractivity contribution in [2.75, 3.05) is 33.3 Å². The van der Waals surface area contributed by atoms with E-state index in [1.165, 1.54) is 0 Å². The van der Waals surface area contributed by atoms with Gasteiger partial charge in [-0.1, -0.05) is 25.1 Å². The third-order valence-corrected chi connectivity index (χ3v) is 8.60. The average Bonchev–Trinajstić information content (AvgIpc) is 3.72. The summed E-state index contributed by atoms with van der Waals surface area (Å²) in [5.41, 5.74) is 1.02. The fourth-order valence-electron chi connectivity index (χ4n) is 5.25. The molecule has 3 aromatic rings. The van der Waals surface area contributed by atoms with Crippen LogP contribution in [0.15, 0.2) is 60.5 Å². The fraction of sp³-hybridized carbons (Fsp3) is 0.452. The quantitative estimate of drug-likeness (QED) is 0.237. The van der Waals surface area contributed by atoms with Gasteiger partial charge in [0.05, 0.1) is 32.4 Å². The van der Waals surface area contributed by atoms with Crippen LogP contribution in [0.3, 0.4) is 0 Å². The Morgan fingerprint density at radius 1 is 1.17 bits per heavy atom. The van der Waals surface area contributed by atoms with Crippen LogP contribution in [0.1, 0.15) is 36.6 Å². The molecule has 0 N–H and O–H groups in total. The molecule has 4 rings (SSSR count). The Bertz CT molecular complexity index is 1300. The zero-order chi connectivity index (χ0) is 29.9. The number of amides is 3. The molecule has 42 heavy (non-hydrogen) atoms. The summed E-state index contributed by atoms with van der Waals surface area (Å²) in [6.07, 6.45) is 8.15. The maximum atomic E-state index is 13.9. The van der Waals surface area contributed by atoms with Crippen molar-refractivity contribution in [3.8, 4) is 5.75 Å². The van der Waals surface area contributed by atoms with Gasteiger partial charge in [0, 0.05) is 43.4 Å². The number of methoxy groups -OCH3 is 1. The van der Waals surface area contributed by atoms with Crippen molar-refractivity contribution < 1.29 is 23.9 Å². The van der Waals surface area contributed by atoms with Gasteiger partial charge in [-0.05, 0) is 54.8 Å². The lowest BCUT2D eigenvalue weighted by molar-refractivity contribution is -0.158. The highest BCUT2D eigenvalue weighted by molar-refractivity contribution is 7.09. The number of aryl methyl sites for hydroxylation is 1. The molecular weight excluding hydrogens is 554 g/mol. The molecule has 0 bridgehead atoms. The molecule has 0 spiro atoms. The first-order valence-corrected chi connectivity index (χ1v) is 15.3. The Morgan fingerprint density at radius 3 is 2.62 bits per heavy atom. The molecule has 0 radical (unpaired) electrons. The van der Waals surface area contributed by atoms with Gasteiger partial charge < -0.3 is 28.8 Å². The molecule has 224 valence electrons. The van der Waals surface area contributed by atoms with Gasteiger partial charge in [0.2, 0.25) is 17.7 Å². The van der Waals surface area contributed by atoms with E-state index < -0.39 is 12.1 Å². The van der Waals surface area contributed by atoms with Crippen LogP contribution in [0.4, 0.5) is 0 Å². The standard InChI is InChI=1S/C31H39N5O5S/c1-3-25(22-37)35(15-5-14-33-18-13-32-23-33)29(38)20-28-31(40)34(16-11-24-7-9-26(41-2)10-8-24)21-30(39)36(28)17-12-27-6-4-19-42-27/h4,6-10,13,18-19,22-23,25,28H,3,5,11-12,14-17,20-21H2,1-2H3. The topological polar surface area (TPSA) is 105 Å². The molecule has 3 amide bonds. The molecule has 1 aliphatic heterocycles. The molecule has 2 unspecified atom stereocenters. The summed E-state index contributed by atoms with van der Waals surface area (Å²) < 4.78 is 7.14. The van der Waals surface area contributed by atoms with Crippen LogP contribution in [0.2, 0.25) is 0 Å². The first-order valence-electron chi connectivity index (χ1n) is 14.4. The van der Waals surface area contributed by atoms with Gasteiger partial charge >= 0.3 is 0 Å². The molecule has 1 saturated heterocycles. The summed E-state index contributed by atoms with van der Waals surface area (Å²) in [5, 5.41) is 1.98. The van der Waals surface area contributed by atoms with E-state index in [1.54, 1.807) is 45.7 Å². The van der Waals surface area contributed by atoms with E-state index in [0.29, 0.717) is 51.9 Å². The predicted octanol–water partition coefficient (Wildman–Crippen LogP) is 3.06. The zero-order valence-corrected chi connectivity index (χ0v) is 25.1. The van der Waals surface area contributed by atoms with Gasteiger partial charge in [-0.25, -0.2) is 4.98 Å². The van der Waals surface area contributed by atoms with E-state index in [1.807, 2.05) is 59.5 Å². The Hall–Kier alpha value is -3.99. The van der Waals surface area contributed by atoms with Gasteiger partial charge in [-0.15, -0.1) is 11.3 Å². The lowest BCUT2D eigenvalue weighted by Crippen LogP contribution is -2.61. The third kappa shape index (κ3) is 8.06. The Kier molecular flexibility index (Phi) is 11.3. The summed E-state index contributed by atoms with van der Waals surface area (Å²) in [7, 11) is 1.61. The Morgan fingerprint density at radius 2 is 1.98 bits per heavy atom. The number of hydrogen-bond donors (Lipinski definition) is 0. The summed E-state index contributed by atoms with van der Waals surface area (Å²) in [6, 6.07) is 10.0. The Balaban J connectivity index is 1.49. The van der Waals surface area contributed by atoms with Crippen LogP contribution >= 0.6 is 11.3 Å². The minimum absolute atomic E-state index is 0.0232. The molecular formula is C31H39N5O5S. The van der Waals surface area contributed by atoms with Gasteiger partial charge in [0.25, 0.3) is 0 Å². The van der Waals surface area contributed by atoms with E-state index in [-0.39, 0.29) is 30.7 Å². The SMILES string of the molecule is CCC(C=O)N(CCCn1ccnc1)C(=O)CC1C(=O)N(CCc2ccc(OC)cc2)CC(=O)N1CCc1cccs1. The molecule has 3 heterocycles. The Labute approximate surface area is 250 Å². The van der Waals surface area contributed by atoms with Crippen molar-refractivity contribution in [3.63, 3.8) is 0 Å². The van der Waals surface area contributed by atoms with Crippen molar-refractivity contribution in [1.82, 2.24) is 24.3 Å². The van der Waals surface area contributed by atoms with E-state index in [2.05, 4.69) is 4.98 Å². The minimum Gasteiger partial charge on any atom is -0.497 e. The number of carbonyl (C=O) groups excluding carboxylic acids is 4. The van der Waals surface area contributed by atoms with Crippen LogP contribution in [-0.2, 0) is 38.6 Å². The molecule has 1 aliphatic rings. The van der Waals surface area contributed by atoms with Crippen molar-refractivity contribution in [2.24, 2.45) is 0 Å². The fourth-order valence-corrected chi connectivity index (χ4v) is 5.95. The molecule has 11 heteroatoms. The number of aromatic nitrogens is 2. The number of aldehydes is 1. The number of nitrogens with zero attached hydrogens (tertiary/aromatic N) is 5. The molecule has 0 saturated carbocycles. The summed E-state index contributed by atoms with van der Waals surface area (Å²) in [5.74, 6) is 0.0371. The summed E-state index contributed by atoms with van der Waals surface area (Å²) in [4.78, 5) is 62.9. The highest BCUT2D eigenvalue weighted by Gasteiger charge is 2.41. The van der Waals surface area contributed by atoms with Crippen molar-refractivity contribution in [2.45, 2.75) is 57.7 Å². The monoisotopic (exact) mass is 593 g/mol. The van der Waals surface area contributed by atoms with Crippen molar-refractivity contribution >= 4 is 35.3 Å². The smallest absolute Gasteiger partial charge is 0.246 e. The predicted molar refractivity (Wildman–Crippen MR) is 160 cm³/mol. The third-order valence-electron chi connectivity index (χ3n) is 7.67. The van der Waals surface area contributed by atoms with Gasteiger partial charge in [0.15, 0.2) is 0 Å². The van der Waals surface area contributed by atoms with Crippen LogP contribution in [-0.4, -0.2) is 93.6 Å². The first kappa shape index (κ1) is 31.0. The second-order valence-corrected chi connectivity index (χ2v) is 11.4. The van der Waals surface area contributed by atoms with Gasteiger partial charge in [-0.3, -0.25) is 14.4 Å². The number of hydrogen-bond acceptors (Lipinski definition) is 7. The summed E-state index contributed by atoms with van der Waals surface area (Å²) in [6.45, 7) is 3.55. The maximum absolute atomic E-state index is 13.9. The highest BCUT2D eigenvalue weighted by atomic mass is 32.1. The van der Waals surface area contributed by atoms with Crippen LogP contribution in [0, 0.1) is 0 Å². The zero-order valence-electron chi connectivity index (χ0n) is 24.3. The minimum atomic E-state index is -0.921. The number of ether oxygens (including phenoxy) is 1. The number of rotatable bonds is 16. The van der Waals surface area contributed by atoms with Crippen LogP contribution in [0.25, 0.3) is 0 Å². The van der Waals surface area contributed by atoms with E-state index in [9.17, 15) is 19.2 Å². The van der Waals surface area contributed by atoms with Crippen molar-refractivity contribution in [1.29, 1.82) is 0 Å². The molecule has 0 aliphatic carbocycles. The van der Waals surface area contributed by atoms with Crippen molar-refractivity contribution in [3.05, 3.63) is 70.9 Å². The molecule has 1 fully saturated rings. The number of thiophene rings is 1. The number of carbonyl (C=O) groups is 4. The lowest BCUT2D eigenvalue weighted by Gasteiger charge is -2.41. The van der Waals surface area contributed by atoms with Gasteiger partial charge in [0.1, 0.15) is 18.1 Å². The second kappa shape index (κ2) is 15.3. The molecule has 2 aromatic heterocycles. The second-order valence-electron chi connectivity index (χ2n) is 10.3. The molecule has 1 aromatic carbocycles. The maximum Gasteiger partial charge on any atom is 0.246 e. The lowest BCUT2D eigenvalue weighted by atomic mass is 10.0. The first-order chi connectivity index (χ1) is 20.4. The number of imidazole rings is 1. The van der Waals surface area contributed by atoms with E-state index in [4.69, 9.17) is 4.74 Å². The highest BCUT2D eigenvalue weighted by Crippen LogP contribution is 2.21. The van der Waals surface area contributed by atoms with Crippen LogP contribution < -0.4 is 4.74 Å². The number of benzene rings is 1. The summed E-state index contributed by atoms with van der Waals surface area (Å²) >= 11 is 1.60. The van der Waals surface area contributed by atoms with E-state index in [0.717, 1.165) is 22.5 Å². The van der Waals surface area contributed by atoms with Gasteiger partial charge in [-0.2, -0.15) is 0 Å². The van der Waals surface area contributed by atoms with Crippen LogP contribution in [0.5, 0.6) is 5.75 Å². The molecule has 2 atom stereocenters. The molecule has 10 nitrogen and oxygen atoms in total. The normalized spacial score (nSPS) is 16.0.